The van der Waals surface area contributed by atoms with E-state index in [2.05, 4.69) is 10.6 Å². The number of hydrogen-bond acceptors (Lipinski definition) is 4. The van der Waals surface area contributed by atoms with Crippen LogP contribution in [0.1, 0.15) is 13.8 Å². The highest BCUT2D eigenvalue weighted by Gasteiger charge is 2.23. The van der Waals surface area contributed by atoms with Crippen LogP contribution in [0, 0.1) is 5.92 Å². The molecule has 3 N–H and O–H groups in total. The highest BCUT2D eigenvalue weighted by Crippen LogP contribution is 2.34. The molecule has 7 heteroatoms. The second kappa shape index (κ2) is 5.68. The van der Waals surface area contributed by atoms with Crippen molar-refractivity contribution in [2.75, 3.05) is 12.1 Å². The summed E-state index contributed by atoms with van der Waals surface area (Å²) in [5, 5.41) is 14.0. The van der Waals surface area contributed by atoms with Crippen molar-refractivity contribution in [2.24, 2.45) is 5.92 Å². The molecule has 1 aliphatic heterocycles. The Balaban J connectivity index is 1.99. The number of hydrogen-bond donors (Lipinski definition) is 3. The summed E-state index contributed by atoms with van der Waals surface area (Å²) in [6, 6.07) is 3.43. The minimum atomic E-state index is -1.07. The summed E-state index contributed by atoms with van der Waals surface area (Å²) in [6.07, 6.45) is 0. The molecule has 108 valence electrons. The molecule has 1 aliphatic rings. The number of benzene rings is 1. The van der Waals surface area contributed by atoms with Crippen molar-refractivity contribution in [3.05, 3.63) is 18.2 Å². The number of urea groups is 1. The third-order valence-corrected chi connectivity index (χ3v) is 2.85. The lowest BCUT2D eigenvalue weighted by Gasteiger charge is -2.18. The zero-order chi connectivity index (χ0) is 14.7. The Kier molecular flexibility index (Phi) is 3.97. The van der Waals surface area contributed by atoms with Gasteiger partial charge >= 0.3 is 12.0 Å². The van der Waals surface area contributed by atoms with Crippen LogP contribution in [-0.2, 0) is 4.79 Å². The van der Waals surface area contributed by atoms with Gasteiger partial charge in [-0.05, 0) is 18.1 Å². The number of ether oxygens (including phenoxy) is 2. The molecule has 0 saturated carbocycles. The zero-order valence-corrected chi connectivity index (χ0v) is 11.2. The number of fused-ring (bicyclic) bond motifs is 1. The van der Waals surface area contributed by atoms with Crippen LogP contribution >= 0.6 is 0 Å². The van der Waals surface area contributed by atoms with E-state index in [1.165, 1.54) is 0 Å². The lowest BCUT2D eigenvalue weighted by Crippen LogP contribution is -2.46. The van der Waals surface area contributed by atoms with Crippen LogP contribution in [0.3, 0.4) is 0 Å². The second-order valence-electron chi connectivity index (χ2n) is 4.73. The van der Waals surface area contributed by atoms with Gasteiger partial charge in [-0.15, -0.1) is 0 Å². The van der Waals surface area contributed by atoms with Gasteiger partial charge in [0.25, 0.3) is 0 Å². The molecule has 20 heavy (non-hydrogen) atoms. The molecule has 0 radical (unpaired) electrons. The minimum Gasteiger partial charge on any atom is -0.480 e. The largest absolute Gasteiger partial charge is 0.480 e. The molecule has 1 aromatic rings. The fourth-order valence-electron chi connectivity index (χ4n) is 1.80. The standard InChI is InChI=1S/C13H16N2O5/c1-7(2)11(12(16)17)15-13(18)14-8-3-4-9-10(5-8)20-6-19-9/h3-5,7,11H,6H2,1-2H3,(H,16,17)(H2,14,15,18)/t11-/m1/s1. The lowest BCUT2D eigenvalue weighted by molar-refractivity contribution is -0.140. The summed E-state index contributed by atoms with van der Waals surface area (Å²) in [6.45, 7) is 3.60. The average molecular weight is 280 g/mol. The van der Waals surface area contributed by atoms with Gasteiger partial charge in [0.1, 0.15) is 6.04 Å². The Morgan fingerprint density at radius 3 is 2.60 bits per heavy atom. The molecule has 0 fully saturated rings. The van der Waals surface area contributed by atoms with Crippen LogP contribution in [-0.4, -0.2) is 29.9 Å². The molecule has 0 aromatic heterocycles. The van der Waals surface area contributed by atoms with Gasteiger partial charge in [-0.25, -0.2) is 9.59 Å². The van der Waals surface area contributed by atoms with Gasteiger partial charge in [0.15, 0.2) is 11.5 Å². The van der Waals surface area contributed by atoms with Gasteiger partial charge in [-0.2, -0.15) is 0 Å². The van der Waals surface area contributed by atoms with E-state index in [1.54, 1.807) is 32.0 Å². The Bertz CT molecular complexity index is 529. The number of nitrogens with one attached hydrogen (secondary N) is 2. The van der Waals surface area contributed by atoms with E-state index in [0.29, 0.717) is 17.2 Å². The smallest absolute Gasteiger partial charge is 0.326 e. The summed E-state index contributed by atoms with van der Waals surface area (Å²) >= 11 is 0. The molecular formula is C13H16N2O5. The molecular weight excluding hydrogens is 264 g/mol. The molecule has 2 amide bonds. The van der Waals surface area contributed by atoms with E-state index in [0.717, 1.165) is 0 Å². The van der Waals surface area contributed by atoms with Gasteiger partial charge < -0.3 is 25.2 Å². The Hall–Kier alpha value is -2.44. The molecule has 0 saturated heterocycles. The minimum absolute atomic E-state index is 0.152. The average Bonchev–Trinajstić information content (AvgIpc) is 2.82. The Labute approximate surface area is 115 Å². The van der Waals surface area contributed by atoms with Crippen molar-refractivity contribution in [1.29, 1.82) is 0 Å². The number of anilines is 1. The molecule has 2 rings (SSSR count). The molecule has 7 nitrogen and oxygen atoms in total. The molecule has 1 heterocycles. The van der Waals surface area contributed by atoms with E-state index in [4.69, 9.17) is 14.6 Å². The first-order chi connectivity index (χ1) is 9.47. The van der Waals surface area contributed by atoms with Gasteiger partial charge in [-0.1, -0.05) is 13.8 Å². The first-order valence-electron chi connectivity index (χ1n) is 6.17. The summed E-state index contributed by atoms with van der Waals surface area (Å²) in [4.78, 5) is 22.8. The Morgan fingerprint density at radius 2 is 1.95 bits per heavy atom. The van der Waals surface area contributed by atoms with Crippen LogP contribution in [0.15, 0.2) is 18.2 Å². The van der Waals surface area contributed by atoms with E-state index >= 15 is 0 Å². The van der Waals surface area contributed by atoms with E-state index in [-0.39, 0.29) is 12.7 Å². The first-order valence-corrected chi connectivity index (χ1v) is 6.17. The molecule has 0 spiro atoms. The van der Waals surface area contributed by atoms with Crippen molar-refractivity contribution in [2.45, 2.75) is 19.9 Å². The van der Waals surface area contributed by atoms with Crippen LogP contribution in [0.4, 0.5) is 10.5 Å². The number of rotatable bonds is 4. The van der Waals surface area contributed by atoms with E-state index < -0.39 is 18.0 Å². The topological polar surface area (TPSA) is 96.9 Å². The summed E-state index contributed by atoms with van der Waals surface area (Å²) in [5.41, 5.74) is 0.500. The summed E-state index contributed by atoms with van der Waals surface area (Å²) < 4.78 is 10.3. The van der Waals surface area contributed by atoms with Crippen molar-refractivity contribution < 1.29 is 24.2 Å². The number of carboxylic acids is 1. The first kappa shape index (κ1) is 14.0. The Morgan fingerprint density at radius 1 is 1.25 bits per heavy atom. The predicted octanol–water partition coefficient (Wildman–Crippen LogP) is 1.65. The summed E-state index contributed by atoms with van der Waals surface area (Å²) in [7, 11) is 0. The molecule has 0 bridgehead atoms. The van der Waals surface area contributed by atoms with Crippen LogP contribution in [0.5, 0.6) is 11.5 Å². The van der Waals surface area contributed by atoms with Crippen LogP contribution in [0.2, 0.25) is 0 Å². The second-order valence-corrected chi connectivity index (χ2v) is 4.73. The van der Waals surface area contributed by atoms with Gasteiger partial charge in [-0.3, -0.25) is 0 Å². The summed E-state index contributed by atoms with van der Waals surface area (Å²) in [5.74, 6) is -0.126. The monoisotopic (exact) mass is 280 g/mol. The highest BCUT2D eigenvalue weighted by molar-refractivity contribution is 5.92. The number of amides is 2. The molecule has 0 unspecified atom stereocenters. The fraction of sp³-hybridized carbons (Fsp3) is 0.385. The maximum atomic E-state index is 11.8. The number of carboxylic acid groups (broad SMARTS) is 1. The number of carbonyl (C=O) groups is 2. The molecule has 1 aromatic carbocycles. The third kappa shape index (κ3) is 3.11. The lowest BCUT2D eigenvalue weighted by atomic mass is 10.1. The van der Waals surface area contributed by atoms with Crippen molar-refractivity contribution in [3.63, 3.8) is 0 Å². The normalized spacial score (nSPS) is 13.9. The highest BCUT2D eigenvalue weighted by atomic mass is 16.7. The van der Waals surface area contributed by atoms with Gasteiger partial charge in [0.05, 0.1) is 0 Å². The van der Waals surface area contributed by atoms with Crippen molar-refractivity contribution >= 4 is 17.7 Å². The van der Waals surface area contributed by atoms with Crippen molar-refractivity contribution in [3.8, 4) is 11.5 Å². The maximum Gasteiger partial charge on any atom is 0.326 e. The van der Waals surface area contributed by atoms with E-state index in [1.807, 2.05) is 0 Å². The molecule has 1 atom stereocenters. The molecule has 0 aliphatic carbocycles. The van der Waals surface area contributed by atoms with Crippen LogP contribution < -0.4 is 20.1 Å². The van der Waals surface area contributed by atoms with E-state index in [9.17, 15) is 9.59 Å². The number of carbonyl (C=O) groups excluding carboxylic acids is 1. The van der Waals surface area contributed by atoms with Crippen molar-refractivity contribution in [1.82, 2.24) is 5.32 Å². The van der Waals surface area contributed by atoms with Gasteiger partial charge in [0.2, 0.25) is 6.79 Å². The quantitative estimate of drug-likeness (QED) is 0.779. The number of aliphatic carboxylic acids is 1. The maximum absolute atomic E-state index is 11.8. The third-order valence-electron chi connectivity index (χ3n) is 2.85. The van der Waals surface area contributed by atoms with Gasteiger partial charge in [0, 0.05) is 11.8 Å². The zero-order valence-electron chi connectivity index (χ0n) is 11.2. The fourth-order valence-corrected chi connectivity index (χ4v) is 1.80. The predicted molar refractivity (Wildman–Crippen MR) is 71.0 cm³/mol. The van der Waals surface area contributed by atoms with Crippen LogP contribution in [0.25, 0.3) is 0 Å². The SMILES string of the molecule is CC(C)[C@@H](NC(=O)Nc1ccc2c(c1)OCO2)C(=O)O.